The number of nitrogens with zero attached hydrogens (tertiary/aromatic N) is 2. The Morgan fingerprint density at radius 3 is 2.55 bits per heavy atom. The molecule has 4 aromatic rings. The molecule has 1 aliphatic rings. The van der Waals surface area contributed by atoms with Crippen molar-refractivity contribution >= 4 is 16.9 Å². The number of hydrogen-bond donors (Lipinski definition) is 0. The van der Waals surface area contributed by atoms with Gasteiger partial charge in [0.25, 0.3) is 5.91 Å². The maximum atomic E-state index is 13.6. The van der Waals surface area contributed by atoms with Gasteiger partial charge in [0.2, 0.25) is 5.76 Å². The fraction of sp³-hybridized carbons (Fsp3) is 0.192. The van der Waals surface area contributed by atoms with Gasteiger partial charge in [0.05, 0.1) is 17.0 Å². The Morgan fingerprint density at radius 1 is 1.03 bits per heavy atom. The summed E-state index contributed by atoms with van der Waals surface area (Å²) in [5, 5.41) is 0.505. The van der Waals surface area contributed by atoms with Gasteiger partial charge in [-0.15, -0.1) is 0 Å². The summed E-state index contributed by atoms with van der Waals surface area (Å²) in [6.07, 6.45) is 4.36. The zero-order valence-corrected chi connectivity index (χ0v) is 17.5. The molecule has 1 unspecified atom stereocenters. The molecule has 2 aromatic carbocycles. The molecule has 1 atom stereocenters. The van der Waals surface area contributed by atoms with Crippen LogP contribution in [0.15, 0.2) is 76.2 Å². The van der Waals surface area contributed by atoms with Crippen LogP contribution >= 0.6 is 0 Å². The lowest BCUT2D eigenvalue weighted by atomic mass is 9.96. The highest BCUT2D eigenvalue weighted by Gasteiger charge is 2.42. The second kappa shape index (κ2) is 7.51. The van der Waals surface area contributed by atoms with Crippen LogP contribution in [0, 0.1) is 6.92 Å². The summed E-state index contributed by atoms with van der Waals surface area (Å²) >= 11 is 0. The molecule has 154 valence electrons. The number of aromatic nitrogens is 1. The second-order valence-electron chi connectivity index (χ2n) is 7.97. The van der Waals surface area contributed by atoms with E-state index in [9.17, 15) is 9.59 Å². The summed E-state index contributed by atoms with van der Waals surface area (Å²) in [4.78, 5) is 32.9. The highest BCUT2D eigenvalue weighted by Crippen LogP contribution is 2.39. The maximum Gasteiger partial charge on any atom is 0.291 e. The summed E-state index contributed by atoms with van der Waals surface area (Å²) in [6, 6.07) is 16.8. The highest BCUT2D eigenvalue weighted by molar-refractivity contribution is 5.99. The van der Waals surface area contributed by atoms with Crippen molar-refractivity contribution in [2.75, 3.05) is 0 Å². The lowest BCUT2D eigenvalue weighted by molar-refractivity contribution is 0.0714. The number of carbonyl (C=O) groups excluding carboxylic acids is 1. The smallest absolute Gasteiger partial charge is 0.291 e. The van der Waals surface area contributed by atoms with Crippen molar-refractivity contribution in [3.05, 3.63) is 111 Å². The lowest BCUT2D eigenvalue weighted by Gasteiger charge is -2.25. The molecule has 3 heterocycles. The molecule has 0 aliphatic carbocycles. The summed E-state index contributed by atoms with van der Waals surface area (Å²) < 4.78 is 6.01. The van der Waals surface area contributed by atoms with Crippen LogP contribution < -0.4 is 5.43 Å². The van der Waals surface area contributed by atoms with E-state index < -0.39 is 6.04 Å². The van der Waals surface area contributed by atoms with E-state index in [1.807, 2.05) is 55.5 Å². The van der Waals surface area contributed by atoms with E-state index in [1.54, 1.807) is 23.4 Å². The zero-order valence-electron chi connectivity index (χ0n) is 17.5. The van der Waals surface area contributed by atoms with Gasteiger partial charge >= 0.3 is 0 Å². The van der Waals surface area contributed by atoms with Crippen LogP contribution in [0.4, 0.5) is 0 Å². The minimum atomic E-state index is -0.505. The van der Waals surface area contributed by atoms with Gasteiger partial charge in [-0.25, -0.2) is 0 Å². The van der Waals surface area contributed by atoms with Crippen molar-refractivity contribution in [3.8, 4) is 0 Å². The number of carbonyl (C=O) groups is 1. The minimum Gasteiger partial charge on any atom is -0.450 e. The molecule has 2 aromatic heterocycles. The first kappa shape index (κ1) is 19.2. The summed E-state index contributed by atoms with van der Waals surface area (Å²) in [7, 11) is 0. The van der Waals surface area contributed by atoms with Crippen LogP contribution in [0.1, 0.15) is 51.3 Å². The molecule has 31 heavy (non-hydrogen) atoms. The summed E-state index contributed by atoms with van der Waals surface area (Å²) in [6.45, 7) is 4.38. The van der Waals surface area contributed by atoms with Crippen LogP contribution in [0.3, 0.4) is 0 Å². The Hall–Kier alpha value is -3.73. The Bertz CT molecular complexity index is 1340. The van der Waals surface area contributed by atoms with E-state index in [4.69, 9.17) is 4.42 Å². The Morgan fingerprint density at radius 2 is 1.84 bits per heavy atom. The molecule has 0 saturated heterocycles. The van der Waals surface area contributed by atoms with Gasteiger partial charge in [-0.05, 0) is 48.2 Å². The number of pyridine rings is 1. The Labute approximate surface area is 180 Å². The topological polar surface area (TPSA) is 63.4 Å². The third-order valence-corrected chi connectivity index (χ3v) is 5.90. The number of aryl methyl sites for hydroxylation is 2. The number of fused-ring (bicyclic) bond motifs is 2. The molecule has 0 bridgehead atoms. The molecule has 5 rings (SSSR count). The number of hydrogen-bond acceptors (Lipinski definition) is 4. The third-order valence-electron chi connectivity index (χ3n) is 5.90. The van der Waals surface area contributed by atoms with Gasteiger partial charge in [-0.1, -0.05) is 48.9 Å². The lowest BCUT2D eigenvalue weighted by Crippen LogP contribution is -2.29. The summed E-state index contributed by atoms with van der Waals surface area (Å²) in [5.74, 6) is -0.141. The van der Waals surface area contributed by atoms with E-state index in [0.717, 1.165) is 23.1 Å². The Kier molecular flexibility index (Phi) is 4.66. The third kappa shape index (κ3) is 3.22. The van der Waals surface area contributed by atoms with Gasteiger partial charge in [0.15, 0.2) is 5.43 Å². The molecule has 1 amide bonds. The molecule has 0 N–H and O–H groups in total. The van der Waals surface area contributed by atoms with Crippen molar-refractivity contribution in [3.63, 3.8) is 0 Å². The fourth-order valence-electron chi connectivity index (χ4n) is 4.27. The predicted octanol–water partition coefficient (Wildman–Crippen LogP) is 4.80. The number of amides is 1. The maximum absolute atomic E-state index is 13.6. The average molecular weight is 410 g/mol. The van der Waals surface area contributed by atoms with E-state index >= 15 is 0 Å². The molecule has 0 saturated carbocycles. The van der Waals surface area contributed by atoms with Crippen LogP contribution in [0.5, 0.6) is 0 Å². The molecule has 5 nitrogen and oxygen atoms in total. The van der Waals surface area contributed by atoms with Crippen molar-refractivity contribution in [1.29, 1.82) is 0 Å². The molecule has 5 heteroatoms. The molecular weight excluding hydrogens is 388 g/mol. The average Bonchev–Trinajstić information content (AvgIpc) is 3.07. The van der Waals surface area contributed by atoms with Crippen LogP contribution in [0.25, 0.3) is 11.0 Å². The molecule has 1 aliphatic heterocycles. The normalized spacial score (nSPS) is 15.5. The monoisotopic (exact) mass is 410 g/mol. The van der Waals surface area contributed by atoms with E-state index in [0.29, 0.717) is 23.1 Å². The van der Waals surface area contributed by atoms with Crippen LogP contribution in [0.2, 0.25) is 0 Å². The van der Waals surface area contributed by atoms with Crippen molar-refractivity contribution in [2.24, 2.45) is 0 Å². The van der Waals surface area contributed by atoms with Gasteiger partial charge < -0.3 is 9.32 Å². The predicted molar refractivity (Wildman–Crippen MR) is 119 cm³/mol. The van der Waals surface area contributed by atoms with E-state index in [2.05, 4.69) is 11.9 Å². The highest BCUT2D eigenvalue weighted by atomic mass is 16.3. The van der Waals surface area contributed by atoms with Gasteiger partial charge in [-0.2, -0.15) is 0 Å². The van der Waals surface area contributed by atoms with E-state index in [-0.39, 0.29) is 17.1 Å². The molecule has 0 radical (unpaired) electrons. The first-order chi connectivity index (χ1) is 15.1. The number of benzene rings is 2. The van der Waals surface area contributed by atoms with Gasteiger partial charge in [0, 0.05) is 18.9 Å². The molecular formula is C26H22N2O3. The quantitative estimate of drug-likeness (QED) is 0.485. The largest absolute Gasteiger partial charge is 0.450 e. The standard InChI is InChI=1S/C26H22N2O3/c1-3-17-7-9-19(10-8-17)23-22-24(29)20-13-16(2)6-11-21(20)31-25(22)26(30)28(23)15-18-5-4-12-27-14-18/h4-14,23H,3,15H2,1-2H3. The van der Waals surface area contributed by atoms with Crippen molar-refractivity contribution < 1.29 is 9.21 Å². The van der Waals surface area contributed by atoms with Crippen molar-refractivity contribution in [2.45, 2.75) is 32.9 Å². The second-order valence-corrected chi connectivity index (χ2v) is 7.97. The Balaban J connectivity index is 1.72. The summed E-state index contributed by atoms with van der Waals surface area (Å²) in [5.41, 5.74) is 4.67. The SMILES string of the molecule is CCc1ccc(C2c3c(oc4ccc(C)cc4c3=O)C(=O)N2Cc2cccnc2)cc1. The first-order valence-corrected chi connectivity index (χ1v) is 10.4. The fourth-order valence-corrected chi connectivity index (χ4v) is 4.27. The van der Waals surface area contributed by atoms with Gasteiger partial charge in [0.1, 0.15) is 5.58 Å². The first-order valence-electron chi connectivity index (χ1n) is 10.4. The van der Waals surface area contributed by atoms with Crippen LogP contribution in [-0.2, 0) is 13.0 Å². The van der Waals surface area contributed by atoms with Gasteiger partial charge in [-0.3, -0.25) is 14.6 Å². The molecule has 0 fully saturated rings. The zero-order chi connectivity index (χ0) is 21.5. The molecule has 0 spiro atoms. The number of rotatable bonds is 4. The van der Waals surface area contributed by atoms with Crippen molar-refractivity contribution in [1.82, 2.24) is 9.88 Å². The van der Waals surface area contributed by atoms with E-state index in [1.165, 1.54) is 5.56 Å². The minimum absolute atomic E-state index is 0.134. The van der Waals surface area contributed by atoms with Crippen LogP contribution in [-0.4, -0.2) is 15.8 Å².